The van der Waals surface area contributed by atoms with Crippen molar-refractivity contribution in [3.63, 3.8) is 0 Å². The molecule has 0 fully saturated rings. The topological polar surface area (TPSA) is 13.1 Å². The molecule has 0 saturated carbocycles. The zero-order valence-corrected chi connectivity index (χ0v) is 27.1. The molecular weight excluding hydrogens is 605 g/mol. The lowest BCUT2D eigenvalue weighted by Gasteiger charge is -2.41. The van der Waals surface area contributed by atoms with Crippen molar-refractivity contribution < 1.29 is 0 Å². The normalized spacial score (nSPS) is 13.1. The zero-order chi connectivity index (χ0) is 32.5. The monoisotopic (exact) mass is 633 g/mol. The fourth-order valence-electron chi connectivity index (χ4n) is 9.18. The highest BCUT2D eigenvalue weighted by Gasteiger charge is 2.44. The first-order valence-corrected chi connectivity index (χ1v) is 17.4. The van der Waals surface area contributed by atoms with Crippen LogP contribution in [0.2, 0.25) is 0 Å². The van der Waals surface area contributed by atoms with Crippen LogP contribution in [0.5, 0.6) is 0 Å². The molecule has 0 saturated heterocycles. The maximum atomic E-state index is 2.65. The van der Waals surface area contributed by atoms with Crippen LogP contribution in [0.4, 0.5) is 17.1 Å². The van der Waals surface area contributed by atoms with Gasteiger partial charge in [0.15, 0.2) is 0 Å². The highest BCUT2D eigenvalue weighted by atomic mass is 15.2. The lowest BCUT2D eigenvalue weighted by molar-refractivity contribution is 1.13. The van der Waals surface area contributed by atoms with E-state index in [1.165, 1.54) is 99.1 Å². The van der Waals surface area contributed by atoms with Crippen molar-refractivity contribution in [2.75, 3.05) is 4.90 Å². The molecule has 0 aliphatic carbocycles. The third-order valence-electron chi connectivity index (χ3n) is 11.2. The Labute approximate surface area is 288 Å². The van der Waals surface area contributed by atoms with Crippen molar-refractivity contribution in [3.8, 4) is 16.8 Å². The van der Waals surface area contributed by atoms with Gasteiger partial charge in [-0.1, -0.05) is 115 Å². The number of anilines is 3. The quantitative estimate of drug-likeness (QED) is 0.173. The summed E-state index contributed by atoms with van der Waals surface area (Å²) >= 11 is 0. The summed E-state index contributed by atoms with van der Waals surface area (Å²) < 4.78 is 5.05. The highest BCUT2D eigenvalue weighted by Crippen LogP contribution is 2.48. The molecule has 0 atom stereocenters. The number of hydrogen-bond acceptors (Lipinski definition) is 1. The lowest BCUT2D eigenvalue weighted by atomic mass is 9.44. The summed E-state index contributed by atoms with van der Waals surface area (Å²) in [7, 11) is 0. The van der Waals surface area contributed by atoms with Crippen LogP contribution in [0.1, 0.15) is 0 Å². The summed E-state index contributed by atoms with van der Waals surface area (Å²) in [6.07, 6.45) is 2.25. The first-order valence-electron chi connectivity index (χ1n) is 17.4. The maximum absolute atomic E-state index is 2.65. The van der Waals surface area contributed by atoms with Crippen LogP contribution in [0.3, 0.4) is 0 Å². The summed E-state index contributed by atoms with van der Waals surface area (Å²) in [5, 5.41) is 8.83. The molecule has 0 radical (unpaired) electrons. The van der Waals surface area contributed by atoms with E-state index in [9.17, 15) is 0 Å². The van der Waals surface area contributed by atoms with E-state index in [2.05, 4.69) is 184 Å². The van der Waals surface area contributed by atoms with Gasteiger partial charge in [-0.3, -0.25) is 0 Å². The zero-order valence-electron chi connectivity index (χ0n) is 27.1. The van der Waals surface area contributed by atoms with Gasteiger partial charge in [0, 0.05) is 67.3 Å². The Morgan fingerprint density at radius 3 is 2.00 bits per heavy atom. The molecule has 3 nitrogen and oxygen atoms in total. The summed E-state index contributed by atoms with van der Waals surface area (Å²) in [6, 6.07) is 60.8. The van der Waals surface area contributed by atoms with Gasteiger partial charge in [0.25, 0.3) is 0 Å². The predicted octanol–water partition coefficient (Wildman–Crippen LogP) is 10.5. The minimum atomic E-state index is -0.0165. The van der Waals surface area contributed by atoms with Gasteiger partial charge in [0.2, 0.25) is 0 Å². The van der Waals surface area contributed by atoms with Gasteiger partial charge in [0.1, 0.15) is 0 Å². The van der Waals surface area contributed by atoms with Gasteiger partial charge >= 0.3 is 6.85 Å². The molecule has 10 aromatic rings. The molecule has 0 bridgehead atoms. The molecule has 12 rings (SSSR count). The number of fused-ring (bicyclic) bond motifs is 11. The van der Waals surface area contributed by atoms with Crippen molar-refractivity contribution in [3.05, 3.63) is 170 Å². The second-order valence-corrected chi connectivity index (χ2v) is 13.8. The van der Waals surface area contributed by atoms with Crippen LogP contribution in [0.15, 0.2) is 170 Å². The molecular formula is C46H28BN3. The summed E-state index contributed by atoms with van der Waals surface area (Å²) in [5.41, 5.74) is 13.9. The number of aromatic nitrogens is 2. The van der Waals surface area contributed by atoms with E-state index in [1.54, 1.807) is 0 Å². The highest BCUT2D eigenvalue weighted by molar-refractivity contribution is 6.90. The van der Waals surface area contributed by atoms with Gasteiger partial charge in [-0.2, -0.15) is 0 Å². The largest absolute Gasteiger partial charge is 0.375 e. The van der Waals surface area contributed by atoms with E-state index in [1.807, 2.05) is 0 Å². The molecule has 0 unspecified atom stereocenters. The molecule has 4 heteroatoms. The SMILES string of the molecule is c1ccc(-n2ccc3cc4c5c(c32)-c2cccc3c6ccccc6n(c23)B5c2cc3ccccc3cc2N4c2ccc3ccccc3c2)cc1. The first kappa shape index (κ1) is 26.4. The molecule has 2 aliphatic rings. The molecule has 50 heavy (non-hydrogen) atoms. The van der Waals surface area contributed by atoms with Gasteiger partial charge in [0.05, 0.1) is 5.52 Å². The maximum Gasteiger partial charge on any atom is 0.333 e. The minimum Gasteiger partial charge on any atom is -0.375 e. The molecule has 2 aliphatic heterocycles. The minimum absolute atomic E-state index is 0.0165. The van der Waals surface area contributed by atoms with Gasteiger partial charge in [-0.25, -0.2) is 0 Å². The van der Waals surface area contributed by atoms with Crippen molar-refractivity contribution in [1.82, 2.24) is 9.05 Å². The van der Waals surface area contributed by atoms with Crippen LogP contribution in [0, 0.1) is 0 Å². The standard InChI is InChI=1S/C46H28BN3/c1-2-15-34(16-3-1)48-24-23-33-28-42-44-43(45(33)48)38-19-10-18-37-36-17-8-9-20-40(36)50(46(37)38)47(44)39-26-31-13-6-7-14-32(31)27-41(39)49(42)35-22-21-29-11-4-5-12-30(29)25-35/h1-28H. The number of para-hydroxylation sites is 3. The fraction of sp³-hybridized carbons (Fsp3) is 0. The second kappa shape index (κ2) is 9.55. The van der Waals surface area contributed by atoms with Crippen molar-refractivity contribution in [2.45, 2.75) is 0 Å². The average molecular weight is 634 g/mol. The van der Waals surface area contributed by atoms with E-state index in [0.29, 0.717) is 0 Å². The average Bonchev–Trinajstić information content (AvgIpc) is 3.75. The Morgan fingerprint density at radius 1 is 0.440 bits per heavy atom. The Hall–Kier alpha value is -6.52. The third kappa shape index (κ3) is 3.35. The van der Waals surface area contributed by atoms with Crippen LogP contribution in [-0.4, -0.2) is 15.9 Å². The van der Waals surface area contributed by atoms with Crippen molar-refractivity contribution in [2.24, 2.45) is 0 Å². The van der Waals surface area contributed by atoms with E-state index in [0.717, 1.165) is 0 Å². The van der Waals surface area contributed by atoms with E-state index < -0.39 is 0 Å². The first-order chi connectivity index (χ1) is 24.8. The Balaban J connectivity index is 1.30. The van der Waals surface area contributed by atoms with E-state index >= 15 is 0 Å². The van der Waals surface area contributed by atoms with Crippen LogP contribution < -0.4 is 15.8 Å². The van der Waals surface area contributed by atoms with Crippen LogP contribution in [0.25, 0.3) is 71.1 Å². The number of nitrogens with zero attached hydrogens (tertiary/aromatic N) is 3. The fourth-order valence-corrected chi connectivity index (χ4v) is 9.18. The predicted molar refractivity (Wildman–Crippen MR) is 212 cm³/mol. The van der Waals surface area contributed by atoms with Crippen LogP contribution in [-0.2, 0) is 0 Å². The van der Waals surface area contributed by atoms with Crippen molar-refractivity contribution in [1.29, 1.82) is 0 Å². The number of rotatable bonds is 2. The summed E-state index contributed by atoms with van der Waals surface area (Å²) in [6.45, 7) is -0.0165. The smallest absolute Gasteiger partial charge is 0.333 e. The van der Waals surface area contributed by atoms with E-state index in [-0.39, 0.29) is 6.85 Å². The third-order valence-corrected chi connectivity index (χ3v) is 11.2. The number of benzene rings is 8. The molecule has 0 spiro atoms. The van der Waals surface area contributed by atoms with Gasteiger partial charge in [-0.05, 0) is 81.0 Å². The molecule has 0 N–H and O–H groups in total. The van der Waals surface area contributed by atoms with E-state index in [4.69, 9.17) is 0 Å². The summed E-state index contributed by atoms with van der Waals surface area (Å²) in [4.78, 5) is 2.54. The molecule has 230 valence electrons. The lowest BCUT2D eigenvalue weighted by Crippen LogP contribution is -2.56. The molecule has 4 heterocycles. The molecule has 2 aromatic heterocycles. The van der Waals surface area contributed by atoms with Gasteiger partial charge in [-0.15, -0.1) is 0 Å². The Bertz CT molecular complexity index is 3060. The van der Waals surface area contributed by atoms with Gasteiger partial charge < -0.3 is 13.9 Å². The molecule has 8 aromatic carbocycles. The Morgan fingerprint density at radius 2 is 1.14 bits per heavy atom. The summed E-state index contributed by atoms with van der Waals surface area (Å²) in [5.74, 6) is 0. The molecule has 0 amide bonds. The van der Waals surface area contributed by atoms with Crippen molar-refractivity contribution >= 4 is 89.1 Å². The number of hydrogen-bond donors (Lipinski definition) is 0. The van der Waals surface area contributed by atoms with Crippen LogP contribution >= 0.6 is 0 Å². The Kier molecular flexibility index (Phi) is 5.05. The second-order valence-electron chi connectivity index (χ2n) is 13.8.